The van der Waals surface area contributed by atoms with Gasteiger partial charge in [0.1, 0.15) is 11.6 Å². The average molecular weight is 272 g/mol. The van der Waals surface area contributed by atoms with Crippen LogP contribution in [0, 0.1) is 17.7 Å². The van der Waals surface area contributed by atoms with Crippen molar-refractivity contribution in [1.82, 2.24) is 9.88 Å². The minimum Gasteiger partial charge on any atom is -0.409 e. The smallest absolute Gasteiger partial charge is 0.409 e. The number of amides is 1. The maximum Gasteiger partial charge on any atom is 0.415 e. The van der Waals surface area contributed by atoms with Crippen molar-refractivity contribution in [2.24, 2.45) is 11.8 Å². The molecule has 2 atom stereocenters. The first-order chi connectivity index (χ1) is 9.70. The van der Waals surface area contributed by atoms with Crippen molar-refractivity contribution in [3.63, 3.8) is 0 Å². The van der Waals surface area contributed by atoms with E-state index in [1.54, 1.807) is 23.2 Å². The third-order valence-electron chi connectivity index (χ3n) is 4.10. The number of hydrogen-bond donors (Lipinski definition) is 0. The summed E-state index contributed by atoms with van der Waals surface area (Å²) in [5.41, 5.74) is 0.612. The zero-order valence-corrected chi connectivity index (χ0v) is 10.8. The fraction of sp³-hybridized carbons (Fsp3) is 0.333. The summed E-state index contributed by atoms with van der Waals surface area (Å²) in [7, 11) is 0. The molecule has 0 N–H and O–H groups in total. The Hall–Kier alpha value is -2.17. The van der Waals surface area contributed by atoms with Crippen LogP contribution in [0.3, 0.4) is 0 Å². The first kappa shape index (κ1) is 11.6. The third-order valence-corrected chi connectivity index (χ3v) is 4.10. The first-order valence-electron chi connectivity index (χ1n) is 6.72. The number of likely N-dealkylation sites (tertiary alicyclic amines) is 1. The molecule has 1 aromatic carbocycles. The largest absolute Gasteiger partial charge is 0.415 e. The summed E-state index contributed by atoms with van der Waals surface area (Å²) in [5, 5.41) is 0.519. The van der Waals surface area contributed by atoms with E-state index in [-0.39, 0.29) is 11.9 Å². The van der Waals surface area contributed by atoms with E-state index in [0.717, 1.165) is 13.1 Å². The fourth-order valence-electron chi connectivity index (χ4n) is 2.89. The highest BCUT2D eigenvalue weighted by Gasteiger charge is 2.47. The zero-order valence-electron chi connectivity index (χ0n) is 10.8. The molecule has 1 saturated carbocycles. The molecule has 4 nitrogen and oxygen atoms in total. The molecule has 2 aromatic rings. The Morgan fingerprint density at radius 1 is 1.30 bits per heavy atom. The van der Waals surface area contributed by atoms with Crippen LogP contribution in [0.4, 0.5) is 9.18 Å². The number of piperidine rings is 1. The van der Waals surface area contributed by atoms with E-state index in [1.807, 2.05) is 0 Å². The van der Waals surface area contributed by atoms with Crippen LogP contribution in [-0.4, -0.2) is 29.1 Å². The molecule has 102 valence electrons. The van der Waals surface area contributed by atoms with Gasteiger partial charge >= 0.3 is 6.09 Å². The number of rotatable bonds is 1. The van der Waals surface area contributed by atoms with Crippen molar-refractivity contribution in [2.45, 2.75) is 6.42 Å². The summed E-state index contributed by atoms with van der Waals surface area (Å²) < 4.78 is 18.7. The Balaban J connectivity index is 1.61. The molecule has 0 spiro atoms. The minimum atomic E-state index is -0.370. The summed E-state index contributed by atoms with van der Waals surface area (Å²) in [6.07, 6.45) is 2.44. The van der Waals surface area contributed by atoms with E-state index < -0.39 is 0 Å². The molecule has 2 heterocycles. The van der Waals surface area contributed by atoms with Gasteiger partial charge in [-0.1, -0.05) is 0 Å². The van der Waals surface area contributed by atoms with E-state index in [0.29, 0.717) is 28.5 Å². The van der Waals surface area contributed by atoms with Gasteiger partial charge in [0, 0.05) is 24.7 Å². The molecule has 2 unspecified atom stereocenters. The Morgan fingerprint density at radius 2 is 2.10 bits per heavy atom. The average Bonchev–Trinajstić information content (AvgIpc) is 3.06. The number of benzene rings is 1. The van der Waals surface area contributed by atoms with Crippen LogP contribution in [0.1, 0.15) is 6.42 Å². The Bertz CT molecular complexity index is 693. The zero-order chi connectivity index (χ0) is 13.7. The highest BCUT2D eigenvalue weighted by Crippen LogP contribution is 2.45. The number of hydrogen-bond acceptors (Lipinski definition) is 3. The van der Waals surface area contributed by atoms with Gasteiger partial charge in [0.2, 0.25) is 0 Å². The lowest BCUT2D eigenvalue weighted by Crippen LogP contribution is -2.32. The van der Waals surface area contributed by atoms with Crippen LogP contribution in [0.5, 0.6) is 5.75 Å². The number of pyridine rings is 1. The highest BCUT2D eigenvalue weighted by atomic mass is 19.1. The maximum atomic E-state index is 13.3. The van der Waals surface area contributed by atoms with Gasteiger partial charge in [0.25, 0.3) is 0 Å². The summed E-state index contributed by atoms with van der Waals surface area (Å²) in [6.45, 7) is 1.56. The molecule has 4 rings (SSSR count). The predicted molar refractivity (Wildman–Crippen MR) is 70.9 cm³/mol. The number of halogens is 1. The van der Waals surface area contributed by atoms with E-state index in [4.69, 9.17) is 4.74 Å². The van der Waals surface area contributed by atoms with Crippen LogP contribution < -0.4 is 4.74 Å². The number of carbonyl (C=O) groups excluding carboxylic acids is 1. The maximum absolute atomic E-state index is 13.3. The van der Waals surface area contributed by atoms with Gasteiger partial charge in [-0.2, -0.15) is 0 Å². The molecular weight excluding hydrogens is 259 g/mol. The number of nitrogens with zero attached hydrogens (tertiary/aromatic N) is 2. The standard InChI is InChI=1S/C15H13FN2O2/c16-11-1-2-13-12(6-11)14(3-4-17-13)20-15(19)18-7-9-5-10(9)8-18/h1-4,6,9-10H,5,7-8H2. The second-order valence-corrected chi connectivity index (χ2v) is 5.50. The number of ether oxygens (including phenoxy) is 1. The molecule has 20 heavy (non-hydrogen) atoms. The Labute approximate surface area is 115 Å². The molecule has 0 bridgehead atoms. The highest BCUT2D eigenvalue weighted by molar-refractivity contribution is 5.87. The normalized spacial score (nSPS) is 23.8. The van der Waals surface area contributed by atoms with E-state index in [9.17, 15) is 9.18 Å². The second kappa shape index (κ2) is 4.16. The van der Waals surface area contributed by atoms with Crippen molar-refractivity contribution >= 4 is 17.0 Å². The molecule has 2 aliphatic rings. The van der Waals surface area contributed by atoms with Crippen molar-refractivity contribution in [3.05, 3.63) is 36.3 Å². The number of aromatic nitrogens is 1. The molecule has 5 heteroatoms. The van der Waals surface area contributed by atoms with Gasteiger partial charge in [-0.05, 0) is 42.5 Å². The molecular formula is C15H13FN2O2. The predicted octanol–water partition coefficient (Wildman–Crippen LogP) is 2.82. The Kier molecular flexibility index (Phi) is 2.42. The summed E-state index contributed by atoms with van der Waals surface area (Å²) in [4.78, 5) is 18.0. The van der Waals surface area contributed by atoms with Gasteiger partial charge in [0.15, 0.2) is 0 Å². The number of carbonyl (C=O) groups is 1. The lowest BCUT2D eigenvalue weighted by molar-refractivity contribution is 0.158. The van der Waals surface area contributed by atoms with E-state index >= 15 is 0 Å². The summed E-state index contributed by atoms with van der Waals surface area (Å²) in [6, 6.07) is 5.85. The van der Waals surface area contributed by atoms with Gasteiger partial charge in [0.05, 0.1) is 5.52 Å². The van der Waals surface area contributed by atoms with Gasteiger partial charge in [-0.3, -0.25) is 4.98 Å². The summed E-state index contributed by atoms with van der Waals surface area (Å²) >= 11 is 0. The van der Waals surface area contributed by atoms with Gasteiger partial charge in [-0.15, -0.1) is 0 Å². The lowest BCUT2D eigenvalue weighted by atomic mass is 10.2. The molecule has 0 radical (unpaired) electrons. The van der Waals surface area contributed by atoms with E-state index in [1.165, 1.54) is 18.6 Å². The lowest BCUT2D eigenvalue weighted by Gasteiger charge is -2.17. The van der Waals surface area contributed by atoms with Crippen molar-refractivity contribution in [2.75, 3.05) is 13.1 Å². The van der Waals surface area contributed by atoms with Crippen molar-refractivity contribution in [3.8, 4) is 5.75 Å². The molecule has 2 fully saturated rings. The van der Waals surface area contributed by atoms with Crippen LogP contribution in [0.25, 0.3) is 10.9 Å². The topological polar surface area (TPSA) is 42.4 Å². The van der Waals surface area contributed by atoms with Gasteiger partial charge < -0.3 is 9.64 Å². The summed E-state index contributed by atoms with van der Waals surface area (Å²) in [5.74, 6) is 1.31. The van der Waals surface area contributed by atoms with Crippen LogP contribution in [0.15, 0.2) is 30.5 Å². The van der Waals surface area contributed by atoms with Crippen LogP contribution >= 0.6 is 0 Å². The third kappa shape index (κ3) is 1.90. The molecule has 1 aliphatic carbocycles. The molecule has 1 amide bonds. The number of fused-ring (bicyclic) bond motifs is 2. The fourth-order valence-corrected chi connectivity index (χ4v) is 2.89. The SMILES string of the molecule is O=C(Oc1ccnc2ccc(F)cc12)N1CC2CC2C1. The van der Waals surface area contributed by atoms with Crippen LogP contribution in [-0.2, 0) is 0 Å². The quantitative estimate of drug-likeness (QED) is 0.801. The second-order valence-electron chi connectivity index (χ2n) is 5.50. The molecule has 1 aliphatic heterocycles. The van der Waals surface area contributed by atoms with Crippen molar-refractivity contribution in [1.29, 1.82) is 0 Å². The minimum absolute atomic E-state index is 0.353. The monoisotopic (exact) mass is 272 g/mol. The molecule has 1 saturated heterocycles. The van der Waals surface area contributed by atoms with Crippen molar-refractivity contribution < 1.29 is 13.9 Å². The van der Waals surface area contributed by atoms with Crippen LogP contribution in [0.2, 0.25) is 0 Å². The van der Waals surface area contributed by atoms with Gasteiger partial charge in [-0.25, -0.2) is 9.18 Å². The molecule has 1 aromatic heterocycles. The van der Waals surface area contributed by atoms with E-state index in [2.05, 4.69) is 4.98 Å². The Morgan fingerprint density at radius 3 is 2.90 bits per heavy atom. The first-order valence-corrected chi connectivity index (χ1v) is 6.72.